The number of hydrogen-bond acceptors (Lipinski definition) is 4. The van der Waals surface area contributed by atoms with Crippen molar-refractivity contribution in [2.24, 2.45) is 5.41 Å². The minimum atomic E-state index is -0.501. The van der Waals surface area contributed by atoms with E-state index < -0.39 is 5.60 Å². The Hall–Kier alpha value is -0.810. The van der Waals surface area contributed by atoms with E-state index in [1.54, 1.807) is 4.90 Å². The van der Waals surface area contributed by atoms with Crippen molar-refractivity contribution in [1.82, 2.24) is 4.90 Å². The molecule has 1 N–H and O–H groups in total. The van der Waals surface area contributed by atoms with Gasteiger partial charge in [0.15, 0.2) is 0 Å². The summed E-state index contributed by atoms with van der Waals surface area (Å²) in [6.07, 6.45) is 1.44. The van der Waals surface area contributed by atoms with Crippen molar-refractivity contribution in [2.75, 3.05) is 26.4 Å². The lowest BCUT2D eigenvalue weighted by Crippen LogP contribution is -2.42. The second kappa shape index (κ2) is 4.70. The van der Waals surface area contributed by atoms with Crippen molar-refractivity contribution in [3.63, 3.8) is 0 Å². The highest BCUT2D eigenvalue weighted by Gasteiger charge is 2.48. The number of amides is 1. The van der Waals surface area contributed by atoms with Gasteiger partial charge in [-0.05, 0) is 33.6 Å². The summed E-state index contributed by atoms with van der Waals surface area (Å²) in [5, 5.41) is 9.44. The number of carbonyl (C=O) groups is 1. The van der Waals surface area contributed by atoms with Gasteiger partial charge in [-0.1, -0.05) is 0 Å². The molecule has 0 aliphatic carbocycles. The maximum absolute atomic E-state index is 12.1. The van der Waals surface area contributed by atoms with Crippen LogP contribution in [0.3, 0.4) is 0 Å². The number of aliphatic hydroxyl groups excluding tert-OH is 1. The number of carbonyl (C=O) groups excluding carboxylic acids is 1. The van der Waals surface area contributed by atoms with Crippen LogP contribution in [0.1, 0.15) is 33.6 Å². The van der Waals surface area contributed by atoms with Crippen LogP contribution < -0.4 is 0 Å². The number of likely N-dealkylation sites (tertiary alicyclic amines) is 1. The van der Waals surface area contributed by atoms with Gasteiger partial charge in [0.2, 0.25) is 0 Å². The molecule has 0 aromatic carbocycles. The largest absolute Gasteiger partial charge is 0.444 e. The Morgan fingerprint density at radius 3 is 2.78 bits per heavy atom. The van der Waals surface area contributed by atoms with Crippen LogP contribution in [0.2, 0.25) is 0 Å². The zero-order valence-corrected chi connectivity index (χ0v) is 11.4. The summed E-state index contributed by atoms with van der Waals surface area (Å²) in [5.41, 5.74) is -0.469. The fraction of sp³-hybridized carbons (Fsp3) is 0.923. The molecule has 0 radical (unpaired) electrons. The molecule has 2 aliphatic heterocycles. The van der Waals surface area contributed by atoms with Crippen molar-refractivity contribution in [3.05, 3.63) is 0 Å². The Morgan fingerprint density at radius 1 is 1.56 bits per heavy atom. The number of rotatable bonds is 1. The van der Waals surface area contributed by atoms with Gasteiger partial charge in [-0.3, -0.25) is 0 Å². The normalized spacial score (nSPS) is 32.2. The second-order valence-corrected chi connectivity index (χ2v) is 6.45. The van der Waals surface area contributed by atoms with Crippen LogP contribution >= 0.6 is 0 Å². The van der Waals surface area contributed by atoms with E-state index in [2.05, 4.69) is 0 Å². The Labute approximate surface area is 108 Å². The summed E-state index contributed by atoms with van der Waals surface area (Å²) in [5.74, 6) is 0. The maximum Gasteiger partial charge on any atom is 0.410 e. The summed E-state index contributed by atoms with van der Waals surface area (Å²) in [6.45, 7) is 7.60. The SMILES string of the molecule is CC(C)(C)OC(=O)N1CC2(CCOC2)CC1CO. The monoisotopic (exact) mass is 257 g/mol. The molecule has 2 fully saturated rings. The number of aliphatic hydroxyl groups is 1. The molecule has 104 valence electrons. The van der Waals surface area contributed by atoms with E-state index in [4.69, 9.17) is 9.47 Å². The third-order valence-corrected chi connectivity index (χ3v) is 3.64. The minimum absolute atomic E-state index is 0.0129. The Balaban J connectivity index is 2.05. The van der Waals surface area contributed by atoms with Gasteiger partial charge in [0.1, 0.15) is 5.60 Å². The maximum atomic E-state index is 12.1. The fourth-order valence-electron chi connectivity index (χ4n) is 2.80. The molecule has 2 atom stereocenters. The molecule has 0 saturated carbocycles. The van der Waals surface area contributed by atoms with Crippen molar-refractivity contribution in [3.8, 4) is 0 Å². The first-order chi connectivity index (χ1) is 8.35. The fourth-order valence-corrected chi connectivity index (χ4v) is 2.80. The molecule has 5 nitrogen and oxygen atoms in total. The topological polar surface area (TPSA) is 59.0 Å². The average Bonchev–Trinajstić information content (AvgIpc) is 2.84. The molecular weight excluding hydrogens is 234 g/mol. The smallest absolute Gasteiger partial charge is 0.410 e. The first-order valence-corrected chi connectivity index (χ1v) is 6.53. The van der Waals surface area contributed by atoms with E-state index in [0.717, 1.165) is 19.4 Å². The molecule has 2 rings (SSSR count). The molecule has 0 bridgehead atoms. The van der Waals surface area contributed by atoms with Crippen LogP contribution in [0.15, 0.2) is 0 Å². The standard InChI is InChI=1S/C13H23NO4/c1-12(2,3)18-11(16)14-8-13(4-5-17-9-13)6-10(14)7-15/h10,15H,4-9H2,1-3H3. The predicted octanol–water partition coefficient (Wildman–Crippen LogP) is 1.39. The van der Waals surface area contributed by atoms with Gasteiger partial charge in [0.05, 0.1) is 19.3 Å². The van der Waals surface area contributed by atoms with Crippen LogP contribution in [0.4, 0.5) is 4.79 Å². The number of nitrogens with zero attached hydrogens (tertiary/aromatic N) is 1. The van der Waals surface area contributed by atoms with E-state index in [0.29, 0.717) is 13.2 Å². The van der Waals surface area contributed by atoms with E-state index in [-0.39, 0.29) is 24.2 Å². The average molecular weight is 257 g/mol. The van der Waals surface area contributed by atoms with E-state index >= 15 is 0 Å². The number of hydrogen-bond donors (Lipinski definition) is 1. The molecule has 18 heavy (non-hydrogen) atoms. The highest BCUT2D eigenvalue weighted by Crippen LogP contribution is 2.41. The third-order valence-electron chi connectivity index (χ3n) is 3.64. The molecular formula is C13H23NO4. The quantitative estimate of drug-likeness (QED) is 0.771. The van der Waals surface area contributed by atoms with Crippen LogP contribution in [-0.4, -0.2) is 54.1 Å². The summed E-state index contributed by atoms with van der Waals surface area (Å²) in [6, 6.07) is -0.137. The van der Waals surface area contributed by atoms with Crippen LogP contribution in [0, 0.1) is 5.41 Å². The second-order valence-electron chi connectivity index (χ2n) is 6.45. The molecule has 2 aliphatic rings. The predicted molar refractivity (Wildman–Crippen MR) is 66.3 cm³/mol. The lowest BCUT2D eigenvalue weighted by Gasteiger charge is -2.28. The van der Waals surface area contributed by atoms with E-state index in [1.807, 2.05) is 20.8 Å². The molecule has 0 aromatic heterocycles. The zero-order valence-electron chi connectivity index (χ0n) is 11.4. The zero-order chi connectivity index (χ0) is 13.4. The molecule has 1 spiro atoms. The van der Waals surface area contributed by atoms with Crippen LogP contribution in [0.25, 0.3) is 0 Å². The highest BCUT2D eigenvalue weighted by atomic mass is 16.6. The van der Waals surface area contributed by atoms with Gasteiger partial charge in [-0.2, -0.15) is 0 Å². The molecule has 2 heterocycles. The molecule has 0 aromatic rings. The van der Waals surface area contributed by atoms with Crippen molar-refractivity contribution in [2.45, 2.75) is 45.3 Å². The first kappa shape index (κ1) is 13.6. The van der Waals surface area contributed by atoms with Gasteiger partial charge in [-0.15, -0.1) is 0 Å². The van der Waals surface area contributed by atoms with Crippen molar-refractivity contribution in [1.29, 1.82) is 0 Å². The van der Waals surface area contributed by atoms with Gasteiger partial charge in [0.25, 0.3) is 0 Å². The molecule has 2 unspecified atom stereocenters. The minimum Gasteiger partial charge on any atom is -0.444 e. The lowest BCUT2D eigenvalue weighted by atomic mass is 9.85. The van der Waals surface area contributed by atoms with Gasteiger partial charge < -0.3 is 19.5 Å². The molecule has 1 amide bonds. The van der Waals surface area contributed by atoms with Gasteiger partial charge in [0, 0.05) is 18.6 Å². The third kappa shape index (κ3) is 2.78. The van der Waals surface area contributed by atoms with Gasteiger partial charge in [-0.25, -0.2) is 4.79 Å². The summed E-state index contributed by atoms with van der Waals surface area (Å²) < 4.78 is 10.8. The van der Waals surface area contributed by atoms with E-state index in [9.17, 15) is 9.90 Å². The van der Waals surface area contributed by atoms with E-state index in [1.165, 1.54) is 0 Å². The summed E-state index contributed by atoms with van der Waals surface area (Å²) in [7, 11) is 0. The van der Waals surface area contributed by atoms with Gasteiger partial charge >= 0.3 is 6.09 Å². The number of ether oxygens (including phenoxy) is 2. The Kier molecular flexibility index (Phi) is 3.56. The van der Waals surface area contributed by atoms with Crippen molar-refractivity contribution >= 4 is 6.09 Å². The summed E-state index contributed by atoms with van der Waals surface area (Å²) >= 11 is 0. The highest BCUT2D eigenvalue weighted by molar-refractivity contribution is 5.69. The first-order valence-electron chi connectivity index (χ1n) is 6.53. The van der Waals surface area contributed by atoms with Crippen LogP contribution in [-0.2, 0) is 9.47 Å². The Bertz CT molecular complexity index is 317. The Morgan fingerprint density at radius 2 is 2.28 bits per heavy atom. The molecule has 5 heteroatoms. The summed E-state index contributed by atoms with van der Waals surface area (Å²) in [4.78, 5) is 13.8. The van der Waals surface area contributed by atoms with Crippen LogP contribution in [0.5, 0.6) is 0 Å². The molecule has 2 saturated heterocycles. The van der Waals surface area contributed by atoms with Crippen molar-refractivity contribution < 1.29 is 19.4 Å². The lowest BCUT2D eigenvalue weighted by molar-refractivity contribution is 0.0162.